The minimum Gasteiger partial charge on any atom is -0.493 e. The molecule has 2 aliphatic heterocycles. The van der Waals surface area contributed by atoms with Crippen molar-refractivity contribution in [2.24, 2.45) is 22.7 Å². The summed E-state index contributed by atoms with van der Waals surface area (Å²) in [5.74, 6) is 1.49. The third-order valence-electron chi connectivity index (χ3n) is 8.04. The number of fused-ring (bicyclic) bond motifs is 1. The number of carbonyl (C=O) groups is 2. The zero-order valence-electron chi connectivity index (χ0n) is 22.0. The summed E-state index contributed by atoms with van der Waals surface area (Å²) in [7, 11) is 3.24. The van der Waals surface area contributed by atoms with Gasteiger partial charge in [-0.25, -0.2) is 5.01 Å². The van der Waals surface area contributed by atoms with Crippen molar-refractivity contribution in [1.82, 2.24) is 9.91 Å². The Morgan fingerprint density at radius 1 is 1.00 bits per heavy atom. The summed E-state index contributed by atoms with van der Waals surface area (Å²) in [5.41, 5.74) is 9.24. The van der Waals surface area contributed by atoms with Gasteiger partial charge in [0, 0.05) is 30.5 Å². The molecule has 0 spiro atoms. The number of nitrogens with zero attached hydrogens (tertiary/aromatic N) is 3. The Morgan fingerprint density at radius 3 is 2.37 bits per heavy atom. The molecule has 0 bridgehead atoms. The Hall–Kier alpha value is -3.10. The van der Waals surface area contributed by atoms with Gasteiger partial charge in [-0.2, -0.15) is 5.10 Å². The fourth-order valence-electron chi connectivity index (χ4n) is 6.04. The minimum atomic E-state index is -0.565. The first-order chi connectivity index (χ1) is 18.0. The molecule has 1 saturated carbocycles. The predicted molar refractivity (Wildman–Crippen MR) is 149 cm³/mol. The van der Waals surface area contributed by atoms with Crippen LogP contribution in [-0.2, 0) is 16.0 Å². The second kappa shape index (κ2) is 12.2. The van der Waals surface area contributed by atoms with E-state index in [4.69, 9.17) is 20.3 Å². The van der Waals surface area contributed by atoms with Crippen molar-refractivity contribution in [2.75, 3.05) is 27.3 Å². The lowest BCUT2D eigenvalue weighted by molar-refractivity contribution is -0.142. The average Bonchev–Trinajstić information content (AvgIpc) is 3.44. The molecule has 0 radical (unpaired) electrons. The predicted octanol–water partition coefficient (Wildman–Crippen LogP) is 3.65. The monoisotopic (exact) mass is 540 g/mol. The molecule has 3 atom stereocenters. The quantitative estimate of drug-likeness (QED) is 0.578. The molecule has 1 saturated heterocycles. The van der Waals surface area contributed by atoms with E-state index in [0.717, 1.165) is 36.1 Å². The molecule has 38 heavy (non-hydrogen) atoms. The number of amides is 2. The number of ether oxygens (including phenoxy) is 2. The number of hydrogen-bond acceptors (Lipinski definition) is 6. The van der Waals surface area contributed by atoms with Crippen LogP contribution in [0.5, 0.6) is 11.5 Å². The van der Waals surface area contributed by atoms with Crippen LogP contribution in [-0.4, -0.2) is 66.8 Å². The molecule has 2 aromatic carbocycles. The van der Waals surface area contributed by atoms with Crippen molar-refractivity contribution in [3.8, 4) is 11.5 Å². The second-order valence-electron chi connectivity index (χ2n) is 10.2. The molecule has 0 aromatic heterocycles. The Morgan fingerprint density at radius 2 is 1.68 bits per heavy atom. The number of hydrogen-bond donors (Lipinski definition) is 1. The van der Waals surface area contributed by atoms with Gasteiger partial charge in [-0.05, 0) is 55.9 Å². The van der Waals surface area contributed by atoms with E-state index in [1.807, 2.05) is 53.4 Å². The number of nitrogens with two attached hydrogens (primary N) is 1. The molecule has 8 nitrogen and oxygen atoms in total. The van der Waals surface area contributed by atoms with E-state index in [0.29, 0.717) is 43.9 Å². The number of piperidine rings is 1. The molecular weight excluding hydrogens is 504 g/mol. The van der Waals surface area contributed by atoms with Crippen LogP contribution in [0.4, 0.5) is 0 Å². The summed E-state index contributed by atoms with van der Waals surface area (Å²) in [6.45, 7) is 1.15. The maximum Gasteiger partial charge on any atom is 0.246 e. The van der Waals surface area contributed by atoms with Crippen molar-refractivity contribution in [3.05, 3.63) is 59.7 Å². The summed E-state index contributed by atoms with van der Waals surface area (Å²) in [4.78, 5) is 28.4. The van der Waals surface area contributed by atoms with Crippen molar-refractivity contribution >= 4 is 29.9 Å². The number of halogens is 1. The van der Waals surface area contributed by atoms with Crippen molar-refractivity contribution in [3.63, 3.8) is 0 Å². The molecule has 2 fully saturated rings. The Labute approximate surface area is 230 Å². The first kappa shape index (κ1) is 27.9. The Balaban J connectivity index is 0.00000336. The topological polar surface area (TPSA) is 97.5 Å². The number of benzene rings is 2. The molecular formula is C29H37ClN4O4. The number of rotatable bonds is 7. The van der Waals surface area contributed by atoms with Crippen LogP contribution in [0, 0.1) is 11.8 Å². The molecule has 1 aliphatic carbocycles. The lowest BCUT2D eigenvalue weighted by Gasteiger charge is -2.41. The van der Waals surface area contributed by atoms with E-state index in [1.165, 1.54) is 0 Å². The highest BCUT2D eigenvalue weighted by Crippen LogP contribution is 2.41. The third kappa shape index (κ3) is 5.52. The fourth-order valence-corrected chi connectivity index (χ4v) is 6.04. The zero-order valence-corrected chi connectivity index (χ0v) is 22.9. The zero-order chi connectivity index (χ0) is 25.9. The van der Waals surface area contributed by atoms with E-state index < -0.39 is 6.04 Å². The van der Waals surface area contributed by atoms with Gasteiger partial charge in [0.1, 0.15) is 0 Å². The van der Waals surface area contributed by atoms with Gasteiger partial charge in [-0.15, -0.1) is 12.4 Å². The van der Waals surface area contributed by atoms with E-state index >= 15 is 0 Å². The van der Waals surface area contributed by atoms with E-state index in [-0.39, 0.29) is 42.1 Å². The van der Waals surface area contributed by atoms with Gasteiger partial charge < -0.3 is 20.1 Å². The number of hydrazone groups is 1. The first-order valence-corrected chi connectivity index (χ1v) is 13.2. The number of carbonyl (C=O) groups excluding carboxylic acids is 2. The van der Waals surface area contributed by atoms with Crippen molar-refractivity contribution < 1.29 is 19.1 Å². The summed E-state index contributed by atoms with van der Waals surface area (Å²) < 4.78 is 10.9. The molecule has 204 valence electrons. The van der Waals surface area contributed by atoms with Crippen molar-refractivity contribution in [1.29, 1.82) is 0 Å². The standard InChI is InChI=1S/C29H36N4O4.ClH/c1-36-25-12-11-20(18-26(25)37-2)27-22-9-6-10-23(22)28(34)33(31-27)21-13-15-32(16-14-21)29(35)24(30)17-19-7-4-3-5-8-19;/h3-5,7-8,11-12,18,21-24H,6,9-10,13-17,30H2,1-2H3;1H/t22-,23+,24+;/m0./s1. The third-order valence-corrected chi connectivity index (χ3v) is 8.04. The normalized spacial score (nSPS) is 22.3. The largest absolute Gasteiger partial charge is 0.493 e. The van der Waals surface area contributed by atoms with E-state index in [2.05, 4.69) is 0 Å². The summed E-state index contributed by atoms with van der Waals surface area (Å²) in [6.07, 6.45) is 4.77. The minimum absolute atomic E-state index is 0. The highest BCUT2D eigenvalue weighted by Gasteiger charge is 2.45. The molecule has 2 N–H and O–H groups in total. The van der Waals surface area contributed by atoms with Gasteiger partial charge in [0.2, 0.25) is 11.8 Å². The van der Waals surface area contributed by atoms with Crippen LogP contribution in [0.2, 0.25) is 0 Å². The van der Waals surface area contributed by atoms with Crippen LogP contribution in [0.1, 0.15) is 43.2 Å². The maximum atomic E-state index is 13.5. The highest BCUT2D eigenvalue weighted by molar-refractivity contribution is 6.07. The lowest BCUT2D eigenvalue weighted by Crippen LogP contribution is -2.54. The van der Waals surface area contributed by atoms with Crippen LogP contribution >= 0.6 is 12.4 Å². The van der Waals surface area contributed by atoms with Crippen LogP contribution in [0.15, 0.2) is 53.6 Å². The maximum absolute atomic E-state index is 13.5. The number of methoxy groups -OCH3 is 2. The van der Waals surface area contributed by atoms with Gasteiger partial charge in [0.05, 0.1) is 32.0 Å². The van der Waals surface area contributed by atoms with Crippen LogP contribution in [0.25, 0.3) is 0 Å². The molecule has 2 amide bonds. The molecule has 2 aromatic rings. The Kier molecular flexibility index (Phi) is 8.95. The highest BCUT2D eigenvalue weighted by atomic mass is 35.5. The first-order valence-electron chi connectivity index (χ1n) is 13.2. The molecule has 0 unspecified atom stereocenters. The summed E-state index contributed by atoms with van der Waals surface area (Å²) in [5, 5.41) is 6.69. The van der Waals surface area contributed by atoms with Gasteiger partial charge in [-0.1, -0.05) is 36.8 Å². The van der Waals surface area contributed by atoms with Crippen molar-refractivity contribution in [2.45, 2.75) is 50.6 Å². The van der Waals surface area contributed by atoms with Gasteiger partial charge >= 0.3 is 0 Å². The fraction of sp³-hybridized carbons (Fsp3) is 0.483. The Bertz CT molecular complexity index is 1170. The SMILES string of the molecule is COc1ccc(C2=NN(C3CCN(C(=O)[C@H](N)Cc4ccccc4)CC3)C(=O)[C@@H]3CCC[C@H]23)cc1OC.Cl. The van der Waals surface area contributed by atoms with Gasteiger partial charge in [0.15, 0.2) is 11.5 Å². The smallest absolute Gasteiger partial charge is 0.246 e. The summed E-state index contributed by atoms with van der Waals surface area (Å²) in [6, 6.07) is 15.1. The van der Waals surface area contributed by atoms with E-state index in [1.54, 1.807) is 19.2 Å². The molecule has 3 aliphatic rings. The second-order valence-corrected chi connectivity index (χ2v) is 10.2. The number of likely N-dealkylation sites (tertiary alicyclic amines) is 1. The molecule has 2 heterocycles. The summed E-state index contributed by atoms with van der Waals surface area (Å²) >= 11 is 0. The lowest BCUT2D eigenvalue weighted by atomic mass is 9.85. The van der Waals surface area contributed by atoms with Gasteiger partial charge in [-0.3, -0.25) is 9.59 Å². The van der Waals surface area contributed by atoms with E-state index in [9.17, 15) is 9.59 Å². The molecule has 9 heteroatoms. The molecule has 5 rings (SSSR count). The van der Waals surface area contributed by atoms with Gasteiger partial charge in [0.25, 0.3) is 0 Å². The van der Waals surface area contributed by atoms with Crippen LogP contribution < -0.4 is 15.2 Å². The van der Waals surface area contributed by atoms with Crippen LogP contribution in [0.3, 0.4) is 0 Å². The average molecular weight is 541 g/mol.